The predicted molar refractivity (Wildman–Crippen MR) is 403 cm³/mol. The van der Waals surface area contributed by atoms with Gasteiger partial charge in [-0.2, -0.15) is 0 Å². The third-order valence-corrected chi connectivity index (χ3v) is 23.9. The number of ether oxygens (including phenoxy) is 1. The number of H-pyrrole nitrogens is 1. The number of nitro benzene ring substituents is 1. The summed E-state index contributed by atoms with van der Waals surface area (Å²) in [4.78, 5) is 78.4. The second-order valence-corrected chi connectivity index (χ2v) is 33.3. The number of pyridine rings is 1. The van der Waals surface area contributed by atoms with Gasteiger partial charge in [-0.3, -0.25) is 29.4 Å². The van der Waals surface area contributed by atoms with Gasteiger partial charge in [0, 0.05) is 92.7 Å². The minimum Gasteiger partial charge on any atom is -0.455 e. The van der Waals surface area contributed by atoms with E-state index < -0.39 is 55.0 Å². The van der Waals surface area contributed by atoms with Gasteiger partial charge in [-0.25, -0.2) is 23.1 Å². The third kappa shape index (κ3) is 18.0. The average Bonchev–Trinajstić information content (AvgIpc) is 0.848. The van der Waals surface area contributed by atoms with E-state index in [9.17, 15) is 38.0 Å². The van der Waals surface area contributed by atoms with Crippen LogP contribution in [0.3, 0.4) is 0 Å². The van der Waals surface area contributed by atoms with Gasteiger partial charge in [-0.15, -0.1) is 11.3 Å². The number of fused-ring (bicyclic) bond motifs is 1. The summed E-state index contributed by atoms with van der Waals surface area (Å²) in [5.74, 6) is -0.705. The number of carbonyl (C=O) groups excluding carboxylic acids is 3. The van der Waals surface area contributed by atoms with Gasteiger partial charge in [0.1, 0.15) is 28.9 Å². The fourth-order valence-electron chi connectivity index (χ4n) is 15.3. The molecule has 6 N–H and O–H groups in total. The summed E-state index contributed by atoms with van der Waals surface area (Å²) in [5.41, 5.74) is 9.86. The molecule has 4 aromatic carbocycles. The Morgan fingerprint density at radius 1 is 0.882 bits per heavy atom. The fraction of sp³-hybridized carbons (Fsp3) is 0.494. The zero-order valence-corrected chi connectivity index (χ0v) is 62.1. The number of benzene rings is 4. The number of hydrogen-bond donors (Lipinski definition) is 6. The number of rotatable bonds is 25. The fourth-order valence-corrected chi connectivity index (χ4v) is 17.2. The predicted octanol–water partition coefficient (Wildman–Crippen LogP) is 12.5. The van der Waals surface area contributed by atoms with E-state index in [-0.39, 0.29) is 59.2 Å². The molecule has 4 aliphatic heterocycles. The molecule has 4 fully saturated rings. The molecule has 544 valence electrons. The number of unbranched alkanes of at least 4 members (excludes halogenated alkanes) is 1. The molecule has 4 atom stereocenters. The molecule has 1 aliphatic carbocycles. The maximum atomic E-state index is 14.3. The van der Waals surface area contributed by atoms with E-state index in [1.807, 2.05) is 82.6 Å². The van der Waals surface area contributed by atoms with Crippen molar-refractivity contribution >= 4 is 84.4 Å². The molecule has 0 unspecified atom stereocenters. The summed E-state index contributed by atoms with van der Waals surface area (Å²) in [7, 11) is -4.63. The lowest BCUT2D eigenvalue weighted by atomic mass is 9.72. The second-order valence-electron chi connectivity index (χ2n) is 30.3. The average molecular weight is 1450 g/mol. The summed E-state index contributed by atoms with van der Waals surface area (Å²) < 4.78 is 36.8. The summed E-state index contributed by atoms with van der Waals surface area (Å²) in [6.45, 7) is 24.6. The standard InChI is InChI=1S/C77H98ClN13O9S2/c1-50(53-10-12-55(13-11-53)70-51(2)83-49-101-70)84-74(94)68-42-61(92)48-90(68)75(95)71(76(3,4)5)79-29-8-9-31-86-32-26-59(27-33-86)88-34-24-52(25-35-88)45-81-66-21-19-63(43-67(66)91(96)97)102(98,99)85-73(93)64-20-18-60(41-69(64)100-62-40-56-23-30-80-72(56)82-46-62)89-38-36-87(37-39-89)47-57-22-28-77(6,7)44-65(57)54-14-16-58(78)17-15-54/h10-21,23,30,40-41,43,46,49-50,52,59,61,68,71,79,81,92H,8-9,22,24-29,31-39,42,44-45,47-48H2,1-7H3,(H,80,82)(H,84,94)(H,85,93)/t50-,61+,68-,71+/m0/s1. The molecular formula is C77H98ClN13O9S2. The lowest BCUT2D eigenvalue weighted by molar-refractivity contribution is -0.384. The van der Waals surface area contributed by atoms with Crippen molar-refractivity contribution in [2.75, 3.05) is 95.3 Å². The van der Waals surface area contributed by atoms with Crippen LogP contribution < -0.4 is 30.3 Å². The smallest absolute Gasteiger partial charge is 0.293 e. The summed E-state index contributed by atoms with van der Waals surface area (Å²) in [6, 6.07) is 27.5. The number of aryl methyl sites for hydroxylation is 1. The zero-order chi connectivity index (χ0) is 72.0. The maximum absolute atomic E-state index is 14.3. The number of aromatic amines is 1. The number of nitrogens with one attached hydrogen (secondary N) is 5. The van der Waals surface area contributed by atoms with E-state index >= 15 is 0 Å². The van der Waals surface area contributed by atoms with Gasteiger partial charge < -0.3 is 50.4 Å². The first-order chi connectivity index (χ1) is 48.8. The van der Waals surface area contributed by atoms with Crippen LogP contribution in [-0.4, -0.2) is 180 Å². The number of thiazole rings is 1. The molecule has 0 bridgehead atoms. The number of β-amino-alcohol motifs (C(OH)–C–C–N with tert-alkyl or cyclic N) is 1. The number of aromatic nitrogens is 3. The SMILES string of the molecule is Cc1ncsc1-c1ccc([C@H](C)NC(=O)[C@@H]2C[C@@H](O)CN2C(=O)[C@@H](NCCCCN2CCC(N3CCC(CNc4ccc(S(=O)(=O)NC(=O)c5ccc(N6CCN(CC7=C(c8ccc(Cl)cc8)CC(C)(C)CC7)CC6)cc5Oc5cnc6[nH]ccc6c5)cc4[N+](=O)[O-])CC3)CC2)C(C)(C)C)cc1. The van der Waals surface area contributed by atoms with Crippen molar-refractivity contribution in [2.24, 2.45) is 16.7 Å². The highest BCUT2D eigenvalue weighted by molar-refractivity contribution is 7.90. The molecule has 0 radical (unpaired) electrons. The number of nitro groups is 1. The first kappa shape index (κ1) is 73.9. The van der Waals surface area contributed by atoms with Crippen molar-refractivity contribution in [3.63, 3.8) is 0 Å². The normalized spacial score (nSPS) is 19.8. The summed E-state index contributed by atoms with van der Waals surface area (Å²) >= 11 is 7.89. The molecule has 25 heteroatoms. The van der Waals surface area contributed by atoms with Crippen LogP contribution in [0.1, 0.15) is 139 Å². The van der Waals surface area contributed by atoms with Crippen molar-refractivity contribution in [3.8, 4) is 21.9 Å². The number of likely N-dealkylation sites (tertiary alicyclic amines) is 3. The van der Waals surface area contributed by atoms with E-state index in [1.165, 1.54) is 35.0 Å². The van der Waals surface area contributed by atoms with Gasteiger partial charge in [-0.05, 0) is 198 Å². The first-order valence-corrected chi connectivity index (χ1v) is 38.8. The Balaban J connectivity index is 0.590. The van der Waals surface area contributed by atoms with Crippen LogP contribution in [0.2, 0.25) is 5.02 Å². The van der Waals surface area contributed by atoms with Crippen molar-refractivity contribution in [3.05, 3.63) is 158 Å². The van der Waals surface area contributed by atoms with E-state index in [0.29, 0.717) is 43.6 Å². The molecule has 3 aromatic heterocycles. The Morgan fingerprint density at radius 3 is 2.32 bits per heavy atom. The molecule has 22 nitrogen and oxygen atoms in total. The minimum absolute atomic E-state index is 0.0479. The first-order valence-electron chi connectivity index (χ1n) is 36.1. The van der Waals surface area contributed by atoms with E-state index in [2.05, 4.69) is 81.2 Å². The van der Waals surface area contributed by atoms with Crippen LogP contribution in [0.15, 0.2) is 125 Å². The summed E-state index contributed by atoms with van der Waals surface area (Å²) in [5, 5.41) is 34.9. The monoisotopic (exact) mass is 1450 g/mol. The van der Waals surface area contributed by atoms with Crippen LogP contribution in [0, 0.1) is 33.8 Å². The third-order valence-electron chi connectivity index (χ3n) is 21.4. The highest BCUT2D eigenvalue weighted by Gasteiger charge is 2.44. The van der Waals surface area contributed by atoms with E-state index in [4.69, 9.17) is 16.3 Å². The molecule has 5 aliphatic rings. The van der Waals surface area contributed by atoms with E-state index in [1.54, 1.807) is 46.7 Å². The van der Waals surface area contributed by atoms with Gasteiger partial charge in [-0.1, -0.05) is 88.2 Å². The number of amides is 3. The minimum atomic E-state index is -4.63. The number of hydrogen-bond acceptors (Lipinski definition) is 18. The molecule has 12 rings (SSSR count). The van der Waals surface area contributed by atoms with Crippen LogP contribution in [0.5, 0.6) is 11.5 Å². The molecular weight excluding hydrogens is 1350 g/mol. The zero-order valence-electron chi connectivity index (χ0n) is 59.7. The van der Waals surface area contributed by atoms with Gasteiger partial charge in [0.2, 0.25) is 11.8 Å². The quantitative estimate of drug-likeness (QED) is 0.0176. The van der Waals surface area contributed by atoms with Crippen LogP contribution >= 0.6 is 22.9 Å². The number of nitrogens with zero attached hydrogens (tertiary/aromatic N) is 8. The number of sulfonamides is 1. The molecule has 0 spiro atoms. The molecule has 102 heavy (non-hydrogen) atoms. The number of piperidine rings is 2. The number of halogens is 1. The Bertz CT molecular complexity index is 4270. The topological polar surface area (TPSA) is 264 Å². The number of piperazine rings is 1. The van der Waals surface area contributed by atoms with Gasteiger partial charge in [0.05, 0.1) is 55.8 Å². The Morgan fingerprint density at radius 2 is 1.62 bits per heavy atom. The van der Waals surface area contributed by atoms with Gasteiger partial charge >= 0.3 is 0 Å². The second kappa shape index (κ2) is 32.1. The van der Waals surface area contributed by atoms with Gasteiger partial charge in [0.15, 0.2) is 0 Å². The number of aliphatic hydroxyl groups is 1. The lowest BCUT2D eigenvalue weighted by Gasteiger charge is -2.42. The van der Waals surface area contributed by atoms with Crippen molar-refractivity contribution in [2.45, 2.75) is 148 Å². The maximum Gasteiger partial charge on any atom is 0.293 e. The van der Waals surface area contributed by atoms with Crippen LogP contribution in [0.25, 0.3) is 27.0 Å². The highest BCUT2D eigenvalue weighted by atomic mass is 35.5. The largest absolute Gasteiger partial charge is 0.455 e. The molecule has 0 saturated carbocycles. The number of aliphatic hydroxyl groups excluding tert-OH is 1. The highest BCUT2D eigenvalue weighted by Crippen LogP contribution is 2.44. The summed E-state index contributed by atoms with van der Waals surface area (Å²) in [6.07, 6.45) is 11.6. The molecule has 3 amide bonds. The Hall–Kier alpha value is -7.81. The van der Waals surface area contributed by atoms with Crippen LogP contribution in [-0.2, 0) is 19.6 Å². The number of carbonyl (C=O) groups is 3. The molecule has 7 heterocycles. The van der Waals surface area contributed by atoms with E-state index in [0.717, 1.165) is 154 Å². The van der Waals surface area contributed by atoms with Crippen molar-refractivity contribution < 1.29 is 37.6 Å². The van der Waals surface area contributed by atoms with Crippen molar-refractivity contribution in [1.29, 1.82) is 0 Å². The van der Waals surface area contributed by atoms with Gasteiger partial charge in [0.25, 0.3) is 21.6 Å². The van der Waals surface area contributed by atoms with Crippen molar-refractivity contribution in [1.82, 2.24) is 49.9 Å². The molecule has 7 aromatic rings. The Labute approximate surface area is 608 Å². The lowest BCUT2D eigenvalue weighted by Crippen LogP contribution is -2.56. The number of anilines is 2. The Kier molecular flexibility index (Phi) is 23.2. The number of allylic oxidation sites excluding steroid dienone is 1. The molecule has 4 saturated heterocycles. The van der Waals surface area contributed by atoms with Crippen LogP contribution in [0.4, 0.5) is 17.1 Å².